The Bertz CT molecular complexity index is 1130. The summed E-state index contributed by atoms with van der Waals surface area (Å²) in [4.78, 5) is 32.9. The lowest BCUT2D eigenvalue weighted by atomic mass is 9.70. The van der Waals surface area contributed by atoms with E-state index in [2.05, 4.69) is 40.1 Å². The molecule has 198 valence electrons. The largest absolute Gasteiger partial charge is 0.342 e. The summed E-state index contributed by atoms with van der Waals surface area (Å²) >= 11 is 12.7. The zero-order valence-corrected chi connectivity index (χ0v) is 23.2. The second kappa shape index (κ2) is 11.0. The number of hydrogen-bond acceptors (Lipinski definition) is 3. The summed E-state index contributed by atoms with van der Waals surface area (Å²) in [5.74, 6) is 0.414. The zero-order valence-electron chi connectivity index (χ0n) is 21.7. The summed E-state index contributed by atoms with van der Waals surface area (Å²) in [7, 11) is 0. The first-order valence-corrected chi connectivity index (χ1v) is 14.4. The van der Waals surface area contributed by atoms with Gasteiger partial charge in [-0.05, 0) is 74.9 Å². The Morgan fingerprint density at radius 3 is 2.11 bits per heavy atom. The Labute approximate surface area is 230 Å². The van der Waals surface area contributed by atoms with Crippen LogP contribution in [-0.4, -0.2) is 72.3 Å². The van der Waals surface area contributed by atoms with Crippen LogP contribution in [-0.2, 0) is 20.4 Å². The maximum Gasteiger partial charge on any atom is 0.233 e. The van der Waals surface area contributed by atoms with Gasteiger partial charge in [-0.1, -0.05) is 59.6 Å². The molecule has 37 heavy (non-hydrogen) atoms. The average Bonchev–Trinajstić information content (AvgIpc) is 3.46. The molecule has 3 saturated heterocycles. The summed E-state index contributed by atoms with van der Waals surface area (Å²) in [5.41, 5.74) is 1.60. The number of halogens is 2. The second-order valence-electron chi connectivity index (χ2n) is 11.2. The monoisotopic (exact) mass is 541 g/mol. The molecule has 3 aliphatic rings. The van der Waals surface area contributed by atoms with Crippen molar-refractivity contribution >= 4 is 35.0 Å². The third-order valence-electron chi connectivity index (χ3n) is 8.92. The standard InChI is InChI=1S/C30H37Cl2N3O2/c1-23(36)35-17-7-12-29(22-35,25-10-11-26(31)27(32)20-25)21-33-18-13-30(14-19-33,24-8-3-2-4-9-24)28(37)34-15-5-6-16-34/h2-4,8-11,20H,5-7,12-19,21-22H2,1H3. The summed E-state index contributed by atoms with van der Waals surface area (Å²) < 4.78 is 0. The molecule has 0 aromatic heterocycles. The van der Waals surface area contributed by atoms with Crippen molar-refractivity contribution in [2.45, 2.75) is 56.3 Å². The topological polar surface area (TPSA) is 43.9 Å². The lowest BCUT2D eigenvalue weighted by molar-refractivity contribution is -0.139. The fraction of sp³-hybridized carbons (Fsp3) is 0.533. The maximum absolute atomic E-state index is 13.9. The molecule has 0 saturated carbocycles. The number of piperidine rings is 2. The maximum atomic E-state index is 13.9. The molecular formula is C30H37Cl2N3O2. The number of nitrogens with zero attached hydrogens (tertiary/aromatic N) is 3. The van der Waals surface area contributed by atoms with Crippen molar-refractivity contribution in [2.24, 2.45) is 0 Å². The molecule has 3 heterocycles. The predicted octanol–water partition coefficient (Wildman–Crippen LogP) is 5.53. The zero-order chi connectivity index (χ0) is 26.0. The number of carbonyl (C=O) groups is 2. The normalized spacial score (nSPS) is 24.3. The van der Waals surface area contributed by atoms with Crippen molar-refractivity contribution in [3.8, 4) is 0 Å². The highest BCUT2D eigenvalue weighted by Crippen LogP contribution is 2.42. The summed E-state index contributed by atoms with van der Waals surface area (Å²) in [6.07, 6.45) is 5.75. The molecule has 0 aliphatic carbocycles. The molecule has 7 heteroatoms. The van der Waals surface area contributed by atoms with Gasteiger partial charge in [0, 0.05) is 45.1 Å². The summed E-state index contributed by atoms with van der Waals surface area (Å²) in [5, 5.41) is 1.10. The van der Waals surface area contributed by atoms with E-state index >= 15 is 0 Å². The minimum atomic E-state index is -0.461. The lowest BCUT2D eigenvalue weighted by Gasteiger charge is -2.49. The minimum Gasteiger partial charge on any atom is -0.342 e. The molecule has 5 nitrogen and oxygen atoms in total. The molecule has 5 rings (SSSR count). The van der Waals surface area contributed by atoms with Crippen LogP contribution in [0.1, 0.15) is 56.6 Å². The van der Waals surface area contributed by atoms with Crippen LogP contribution >= 0.6 is 23.2 Å². The molecule has 1 atom stereocenters. The molecule has 0 radical (unpaired) electrons. The highest BCUT2D eigenvalue weighted by atomic mass is 35.5. The fourth-order valence-electron chi connectivity index (χ4n) is 6.81. The highest BCUT2D eigenvalue weighted by Gasteiger charge is 2.47. The van der Waals surface area contributed by atoms with Crippen LogP contribution < -0.4 is 0 Å². The van der Waals surface area contributed by atoms with Crippen molar-refractivity contribution in [2.75, 3.05) is 45.8 Å². The van der Waals surface area contributed by atoms with E-state index < -0.39 is 5.41 Å². The average molecular weight is 543 g/mol. The molecule has 3 aliphatic heterocycles. The van der Waals surface area contributed by atoms with E-state index in [0.29, 0.717) is 22.5 Å². The van der Waals surface area contributed by atoms with Gasteiger partial charge in [0.25, 0.3) is 0 Å². The van der Waals surface area contributed by atoms with E-state index in [9.17, 15) is 9.59 Å². The number of benzene rings is 2. The number of rotatable bonds is 5. The van der Waals surface area contributed by atoms with E-state index in [0.717, 1.165) is 88.9 Å². The number of likely N-dealkylation sites (tertiary alicyclic amines) is 3. The molecule has 3 fully saturated rings. The Morgan fingerprint density at radius 1 is 0.784 bits per heavy atom. The van der Waals surface area contributed by atoms with Gasteiger partial charge >= 0.3 is 0 Å². The Balaban J connectivity index is 1.41. The van der Waals surface area contributed by atoms with Crippen LogP contribution in [0.25, 0.3) is 0 Å². The van der Waals surface area contributed by atoms with Gasteiger partial charge in [-0.15, -0.1) is 0 Å². The van der Waals surface area contributed by atoms with Gasteiger partial charge in [-0.2, -0.15) is 0 Å². The minimum absolute atomic E-state index is 0.113. The Morgan fingerprint density at radius 2 is 1.46 bits per heavy atom. The van der Waals surface area contributed by atoms with Gasteiger partial charge in [-0.3, -0.25) is 9.59 Å². The van der Waals surface area contributed by atoms with E-state index in [1.54, 1.807) is 6.92 Å². The molecular weight excluding hydrogens is 505 g/mol. The van der Waals surface area contributed by atoms with Gasteiger partial charge < -0.3 is 14.7 Å². The predicted molar refractivity (Wildman–Crippen MR) is 149 cm³/mol. The van der Waals surface area contributed by atoms with Crippen molar-refractivity contribution < 1.29 is 9.59 Å². The van der Waals surface area contributed by atoms with Gasteiger partial charge in [0.15, 0.2) is 0 Å². The summed E-state index contributed by atoms with van der Waals surface area (Å²) in [6.45, 7) is 7.39. The van der Waals surface area contributed by atoms with Crippen molar-refractivity contribution in [1.82, 2.24) is 14.7 Å². The third-order valence-corrected chi connectivity index (χ3v) is 9.66. The first-order chi connectivity index (χ1) is 17.8. The second-order valence-corrected chi connectivity index (χ2v) is 12.0. The molecule has 0 bridgehead atoms. The van der Waals surface area contributed by atoms with Crippen LogP contribution in [0.5, 0.6) is 0 Å². The quantitative estimate of drug-likeness (QED) is 0.499. The molecule has 2 aromatic rings. The number of hydrogen-bond donors (Lipinski definition) is 0. The Kier molecular flexibility index (Phi) is 7.86. The van der Waals surface area contributed by atoms with E-state index in [-0.39, 0.29) is 11.3 Å². The van der Waals surface area contributed by atoms with Gasteiger partial charge in [-0.25, -0.2) is 0 Å². The van der Waals surface area contributed by atoms with Gasteiger partial charge in [0.2, 0.25) is 11.8 Å². The van der Waals surface area contributed by atoms with E-state index in [4.69, 9.17) is 23.2 Å². The molecule has 0 N–H and O–H groups in total. The molecule has 2 amide bonds. The van der Waals surface area contributed by atoms with Crippen LogP contribution in [0.2, 0.25) is 10.0 Å². The number of amides is 2. The fourth-order valence-corrected chi connectivity index (χ4v) is 7.11. The van der Waals surface area contributed by atoms with E-state index in [1.807, 2.05) is 23.1 Å². The smallest absolute Gasteiger partial charge is 0.233 e. The van der Waals surface area contributed by atoms with Crippen molar-refractivity contribution in [1.29, 1.82) is 0 Å². The molecule has 2 aromatic carbocycles. The summed E-state index contributed by atoms with van der Waals surface area (Å²) in [6, 6.07) is 16.3. The first-order valence-electron chi connectivity index (χ1n) is 13.6. The van der Waals surface area contributed by atoms with Crippen LogP contribution in [0.4, 0.5) is 0 Å². The third kappa shape index (κ3) is 5.28. The van der Waals surface area contributed by atoms with Gasteiger partial charge in [0.05, 0.1) is 15.5 Å². The molecule has 0 spiro atoms. The van der Waals surface area contributed by atoms with Crippen LogP contribution in [0.3, 0.4) is 0 Å². The van der Waals surface area contributed by atoms with Gasteiger partial charge in [0.1, 0.15) is 0 Å². The van der Waals surface area contributed by atoms with Crippen LogP contribution in [0.15, 0.2) is 48.5 Å². The van der Waals surface area contributed by atoms with Crippen LogP contribution in [0, 0.1) is 0 Å². The van der Waals surface area contributed by atoms with Crippen molar-refractivity contribution in [3.63, 3.8) is 0 Å². The lowest BCUT2D eigenvalue weighted by Crippen LogP contribution is -2.57. The SMILES string of the molecule is CC(=O)N1CCCC(CN2CCC(C(=O)N3CCCC3)(c3ccccc3)CC2)(c2ccc(Cl)c(Cl)c2)C1. The van der Waals surface area contributed by atoms with Crippen molar-refractivity contribution in [3.05, 3.63) is 69.7 Å². The first kappa shape index (κ1) is 26.5. The Hall–Kier alpha value is -2.08. The highest BCUT2D eigenvalue weighted by molar-refractivity contribution is 6.42. The number of carbonyl (C=O) groups excluding carboxylic acids is 2. The molecule has 1 unspecified atom stereocenters. The van der Waals surface area contributed by atoms with E-state index in [1.165, 1.54) is 0 Å².